The molecule has 0 atom stereocenters. The highest BCUT2D eigenvalue weighted by Gasteiger charge is 2.16. The summed E-state index contributed by atoms with van der Waals surface area (Å²) in [6, 6.07) is 19.6. The van der Waals surface area contributed by atoms with Crippen LogP contribution in [-0.2, 0) is 0 Å². The fraction of sp³-hybridized carbons (Fsp3) is 0.0435. The number of benzene rings is 3. The number of H-pyrrole nitrogens is 2. The van der Waals surface area contributed by atoms with Gasteiger partial charge >= 0.3 is 5.97 Å². The third-order valence-electron chi connectivity index (χ3n) is 5.12. The van der Waals surface area contributed by atoms with Crippen molar-refractivity contribution in [1.29, 1.82) is 0 Å². The van der Waals surface area contributed by atoms with Crippen molar-refractivity contribution in [3.63, 3.8) is 0 Å². The Morgan fingerprint density at radius 1 is 0.935 bits per heavy atom. The maximum Gasteiger partial charge on any atom is 0.337 e. The number of aryl methyl sites for hydroxylation is 1. The van der Waals surface area contributed by atoms with Crippen LogP contribution >= 0.6 is 23.8 Å². The fourth-order valence-corrected chi connectivity index (χ4v) is 4.43. The van der Waals surface area contributed by atoms with Gasteiger partial charge < -0.3 is 10.1 Å². The van der Waals surface area contributed by atoms with Gasteiger partial charge in [-0.3, -0.25) is 4.37 Å². The van der Waals surface area contributed by atoms with E-state index in [2.05, 4.69) is 37.5 Å². The smallest absolute Gasteiger partial charge is 0.337 e. The minimum atomic E-state index is -0.990. The zero-order valence-corrected chi connectivity index (χ0v) is 18.0. The van der Waals surface area contributed by atoms with Crippen LogP contribution in [0.5, 0.6) is 0 Å². The van der Waals surface area contributed by atoms with E-state index in [-0.39, 0.29) is 5.56 Å². The molecule has 8 heteroatoms. The van der Waals surface area contributed by atoms with Gasteiger partial charge in [0.05, 0.1) is 11.1 Å². The lowest BCUT2D eigenvalue weighted by Crippen LogP contribution is -1.98. The van der Waals surface area contributed by atoms with Gasteiger partial charge in [-0.05, 0) is 53.4 Å². The molecule has 0 aliphatic heterocycles. The monoisotopic (exact) mass is 444 g/mol. The number of carboxylic acids is 1. The quantitative estimate of drug-likeness (QED) is 0.292. The summed E-state index contributed by atoms with van der Waals surface area (Å²) in [5, 5.41) is 9.47. The topological polar surface area (TPSA) is 94.7 Å². The molecule has 0 aliphatic carbocycles. The van der Waals surface area contributed by atoms with Crippen LogP contribution < -0.4 is 0 Å². The molecule has 6 nitrogen and oxygen atoms in total. The van der Waals surface area contributed by atoms with Crippen molar-refractivity contribution < 1.29 is 9.90 Å². The third kappa shape index (κ3) is 3.45. The van der Waals surface area contributed by atoms with Gasteiger partial charge in [0.25, 0.3) is 0 Å². The van der Waals surface area contributed by atoms with Crippen LogP contribution in [-0.4, -0.2) is 30.4 Å². The number of aromatic carboxylic acids is 1. The van der Waals surface area contributed by atoms with Crippen molar-refractivity contribution in [2.75, 3.05) is 0 Å². The van der Waals surface area contributed by atoms with Gasteiger partial charge in [0.1, 0.15) is 17.2 Å². The molecule has 31 heavy (non-hydrogen) atoms. The number of hydrogen-bond acceptors (Lipinski definition) is 5. The Bertz CT molecular complexity index is 1500. The molecule has 0 amide bonds. The van der Waals surface area contributed by atoms with Gasteiger partial charge in [-0.25, -0.2) is 14.8 Å². The number of aromatic amines is 2. The van der Waals surface area contributed by atoms with Crippen molar-refractivity contribution in [3.05, 3.63) is 76.0 Å². The number of hydrogen-bond donors (Lipinski definition) is 3. The molecule has 0 unspecified atom stereocenters. The Labute approximate surface area is 186 Å². The highest BCUT2D eigenvalue weighted by Crippen LogP contribution is 2.34. The van der Waals surface area contributed by atoms with E-state index in [1.807, 2.05) is 43.3 Å². The first-order valence-corrected chi connectivity index (χ1v) is 10.7. The van der Waals surface area contributed by atoms with E-state index in [0.717, 1.165) is 39.2 Å². The molecule has 0 aliphatic rings. The van der Waals surface area contributed by atoms with Gasteiger partial charge in [0.15, 0.2) is 3.95 Å². The Hall–Kier alpha value is -3.62. The van der Waals surface area contributed by atoms with Crippen molar-refractivity contribution >= 4 is 40.8 Å². The first kappa shape index (κ1) is 19.3. The summed E-state index contributed by atoms with van der Waals surface area (Å²) in [5.41, 5.74) is 6.34. The molecule has 0 fully saturated rings. The average molecular weight is 445 g/mol. The molecule has 3 N–H and O–H groups in total. The summed E-state index contributed by atoms with van der Waals surface area (Å²) in [7, 11) is 0. The first-order chi connectivity index (χ1) is 15.0. The lowest BCUT2D eigenvalue weighted by molar-refractivity contribution is 0.0699. The Balaban J connectivity index is 1.59. The van der Waals surface area contributed by atoms with Gasteiger partial charge in [-0.2, -0.15) is 0 Å². The van der Waals surface area contributed by atoms with E-state index in [1.165, 1.54) is 11.5 Å². The summed E-state index contributed by atoms with van der Waals surface area (Å²) in [4.78, 5) is 23.5. The number of rotatable bonds is 4. The molecule has 5 aromatic rings. The zero-order valence-electron chi connectivity index (χ0n) is 16.3. The molecule has 2 aromatic heterocycles. The second-order valence-corrected chi connectivity index (χ2v) is 8.51. The third-order valence-corrected chi connectivity index (χ3v) is 6.02. The number of fused-ring (bicyclic) bond motifs is 1. The van der Waals surface area contributed by atoms with Crippen LogP contribution in [0.15, 0.2) is 60.7 Å². The molecule has 0 radical (unpaired) electrons. The standard InChI is InChI=1S/C23H16N4O2S2/c1-12-24-19-16(10-11-18(22(28)29)20(19)25-12)14-8-6-13(7-9-14)15-4-2-3-5-17(15)21-26-23(30)31-27-21/h2-11H,1H3,(H,24,25)(H,28,29)(H,26,27,30). The van der Waals surface area contributed by atoms with Gasteiger partial charge in [-0.1, -0.05) is 54.6 Å². The number of nitrogens with one attached hydrogen (secondary N) is 2. The van der Waals surface area contributed by atoms with Crippen LogP contribution in [0.1, 0.15) is 16.2 Å². The summed E-state index contributed by atoms with van der Waals surface area (Å²) in [5.74, 6) is 0.445. The van der Waals surface area contributed by atoms with Gasteiger partial charge in [-0.15, -0.1) is 0 Å². The molecule has 152 valence electrons. The lowest BCUT2D eigenvalue weighted by Gasteiger charge is -2.10. The SMILES string of the molecule is Cc1nc2c(C(=O)O)ccc(-c3ccc(-c4ccccc4-c4nc(=S)s[nH]4)cc3)c2[nH]1. The van der Waals surface area contributed by atoms with Crippen molar-refractivity contribution in [3.8, 4) is 33.6 Å². The molecular weight excluding hydrogens is 428 g/mol. The summed E-state index contributed by atoms with van der Waals surface area (Å²) >= 11 is 6.50. The number of imidazole rings is 1. The summed E-state index contributed by atoms with van der Waals surface area (Å²) in [6.07, 6.45) is 0. The second kappa shape index (κ2) is 7.57. The van der Waals surface area contributed by atoms with Gasteiger partial charge in [0, 0.05) is 11.1 Å². The predicted octanol–water partition coefficient (Wildman–Crippen LogP) is 6.08. The highest BCUT2D eigenvalue weighted by atomic mass is 32.2. The van der Waals surface area contributed by atoms with E-state index in [1.54, 1.807) is 6.07 Å². The Kier molecular flexibility index (Phi) is 4.72. The first-order valence-electron chi connectivity index (χ1n) is 9.49. The van der Waals surface area contributed by atoms with Crippen molar-refractivity contribution in [2.45, 2.75) is 6.92 Å². The molecule has 0 saturated heterocycles. The Morgan fingerprint density at radius 3 is 2.26 bits per heavy atom. The largest absolute Gasteiger partial charge is 0.478 e. The average Bonchev–Trinajstić information content (AvgIpc) is 3.38. The highest BCUT2D eigenvalue weighted by molar-refractivity contribution is 7.73. The van der Waals surface area contributed by atoms with Gasteiger partial charge in [0.2, 0.25) is 0 Å². The second-order valence-electron chi connectivity index (χ2n) is 7.07. The molecule has 0 saturated carbocycles. The van der Waals surface area contributed by atoms with Crippen LogP contribution in [0.2, 0.25) is 0 Å². The number of nitrogens with zero attached hydrogens (tertiary/aromatic N) is 2. The summed E-state index contributed by atoms with van der Waals surface area (Å²) < 4.78 is 3.75. The van der Waals surface area contributed by atoms with Crippen molar-refractivity contribution in [1.82, 2.24) is 19.3 Å². The van der Waals surface area contributed by atoms with E-state index in [0.29, 0.717) is 15.3 Å². The maximum absolute atomic E-state index is 11.6. The molecule has 0 spiro atoms. The number of carboxylic acid groups (broad SMARTS) is 1. The normalized spacial score (nSPS) is 11.1. The molecule has 3 aromatic carbocycles. The predicted molar refractivity (Wildman–Crippen MR) is 125 cm³/mol. The molecular formula is C23H16N4O2S2. The van der Waals surface area contributed by atoms with E-state index >= 15 is 0 Å². The number of carbonyl (C=O) groups is 1. The minimum absolute atomic E-state index is 0.189. The van der Waals surface area contributed by atoms with E-state index in [4.69, 9.17) is 12.2 Å². The molecule has 2 heterocycles. The van der Waals surface area contributed by atoms with E-state index < -0.39 is 5.97 Å². The maximum atomic E-state index is 11.6. The Morgan fingerprint density at radius 2 is 1.61 bits per heavy atom. The molecule has 0 bridgehead atoms. The van der Waals surface area contributed by atoms with Crippen LogP contribution in [0, 0.1) is 10.9 Å². The van der Waals surface area contributed by atoms with Crippen LogP contribution in [0.3, 0.4) is 0 Å². The van der Waals surface area contributed by atoms with E-state index in [9.17, 15) is 9.90 Å². The number of aromatic nitrogens is 4. The van der Waals surface area contributed by atoms with Crippen LogP contribution in [0.25, 0.3) is 44.7 Å². The summed E-state index contributed by atoms with van der Waals surface area (Å²) in [6.45, 7) is 1.82. The fourth-order valence-electron chi connectivity index (χ4n) is 3.74. The van der Waals surface area contributed by atoms with Crippen molar-refractivity contribution in [2.24, 2.45) is 0 Å². The molecule has 5 rings (SSSR count). The zero-order chi connectivity index (χ0) is 21.5. The lowest BCUT2D eigenvalue weighted by atomic mass is 9.96. The van der Waals surface area contributed by atoms with Crippen LogP contribution in [0.4, 0.5) is 0 Å². The minimum Gasteiger partial charge on any atom is -0.478 e.